The molecule has 0 fully saturated rings. The van der Waals surface area contributed by atoms with Crippen molar-refractivity contribution in [2.45, 2.75) is 71.5 Å². The van der Waals surface area contributed by atoms with Crippen molar-refractivity contribution in [2.24, 2.45) is 0 Å². The summed E-state index contributed by atoms with van der Waals surface area (Å²) in [6, 6.07) is 3.06. The van der Waals surface area contributed by atoms with E-state index in [4.69, 9.17) is 0 Å². The summed E-state index contributed by atoms with van der Waals surface area (Å²) in [5, 5.41) is 7.86. The van der Waals surface area contributed by atoms with Gasteiger partial charge in [0.15, 0.2) is 0 Å². The van der Waals surface area contributed by atoms with Gasteiger partial charge in [-0.1, -0.05) is 32.6 Å². The molecule has 0 amide bonds. The van der Waals surface area contributed by atoms with Crippen molar-refractivity contribution in [1.29, 1.82) is 0 Å². The summed E-state index contributed by atoms with van der Waals surface area (Å²) < 4.78 is 1.99. The standard InChI is InChI=1S/C14H27N3/c1-4-5-6-7-9-13(2)16-14(3)12-17-11-8-10-15-17/h8,10-11,13-14,16H,4-7,9,12H2,1-3H3. The van der Waals surface area contributed by atoms with Gasteiger partial charge in [-0.05, 0) is 26.3 Å². The molecule has 1 aromatic heterocycles. The van der Waals surface area contributed by atoms with Gasteiger partial charge in [0, 0.05) is 24.5 Å². The quantitative estimate of drug-likeness (QED) is 0.668. The zero-order valence-corrected chi connectivity index (χ0v) is 11.5. The largest absolute Gasteiger partial charge is 0.310 e. The smallest absolute Gasteiger partial charge is 0.0560 e. The first-order valence-electron chi connectivity index (χ1n) is 6.95. The topological polar surface area (TPSA) is 29.9 Å². The first-order valence-corrected chi connectivity index (χ1v) is 6.95. The normalized spacial score (nSPS) is 14.8. The van der Waals surface area contributed by atoms with Crippen molar-refractivity contribution >= 4 is 0 Å². The van der Waals surface area contributed by atoms with E-state index in [-0.39, 0.29) is 0 Å². The third-order valence-electron chi connectivity index (χ3n) is 3.08. The molecule has 1 N–H and O–H groups in total. The third-order valence-corrected chi connectivity index (χ3v) is 3.08. The van der Waals surface area contributed by atoms with Gasteiger partial charge in [-0.25, -0.2) is 0 Å². The van der Waals surface area contributed by atoms with Gasteiger partial charge in [0.2, 0.25) is 0 Å². The van der Waals surface area contributed by atoms with E-state index in [0.717, 1.165) is 6.54 Å². The fraction of sp³-hybridized carbons (Fsp3) is 0.786. The predicted octanol–water partition coefficient (Wildman–Crippen LogP) is 3.22. The number of nitrogens with one attached hydrogen (secondary N) is 1. The lowest BCUT2D eigenvalue weighted by molar-refractivity contribution is 0.386. The van der Waals surface area contributed by atoms with E-state index in [2.05, 4.69) is 31.2 Å². The summed E-state index contributed by atoms with van der Waals surface area (Å²) >= 11 is 0. The molecule has 0 aliphatic carbocycles. The lowest BCUT2D eigenvalue weighted by Crippen LogP contribution is -2.37. The van der Waals surface area contributed by atoms with Crippen LogP contribution in [-0.2, 0) is 6.54 Å². The first-order chi connectivity index (χ1) is 8.22. The molecule has 2 atom stereocenters. The molecule has 0 aromatic carbocycles. The minimum atomic E-state index is 0.482. The number of rotatable bonds is 9. The Kier molecular flexibility index (Phi) is 6.94. The molecule has 0 bridgehead atoms. The lowest BCUT2D eigenvalue weighted by Gasteiger charge is -2.20. The summed E-state index contributed by atoms with van der Waals surface area (Å²) in [6.45, 7) is 7.72. The highest BCUT2D eigenvalue weighted by molar-refractivity contribution is 4.79. The molecule has 1 rings (SSSR count). The molecule has 0 aliphatic heterocycles. The molecule has 1 aromatic rings. The minimum Gasteiger partial charge on any atom is -0.310 e. The average Bonchev–Trinajstić information content (AvgIpc) is 2.77. The summed E-state index contributed by atoms with van der Waals surface area (Å²) in [7, 11) is 0. The van der Waals surface area contributed by atoms with E-state index < -0.39 is 0 Å². The fourth-order valence-corrected chi connectivity index (χ4v) is 2.19. The summed E-state index contributed by atoms with van der Waals surface area (Å²) in [4.78, 5) is 0. The first kappa shape index (κ1) is 14.2. The van der Waals surface area contributed by atoms with E-state index in [1.165, 1.54) is 32.1 Å². The van der Waals surface area contributed by atoms with Gasteiger partial charge < -0.3 is 5.32 Å². The van der Waals surface area contributed by atoms with E-state index >= 15 is 0 Å². The maximum Gasteiger partial charge on any atom is 0.0560 e. The SMILES string of the molecule is CCCCCCC(C)NC(C)Cn1cccn1. The Bertz CT molecular complexity index is 269. The molecule has 0 saturated carbocycles. The van der Waals surface area contributed by atoms with Crippen LogP contribution in [0.3, 0.4) is 0 Å². The molecular formula is C14H27N3. The van der Waals surface area contributed by atoms with E-state index in [1.807, 2.05) is 23.1 Å². The zero-order valence-electron chi connectivity index (χ0n) is 11.5. The van der Waals surface area contributed by atoms with Crippen molar-refractivity contribution in [2.75, 3.05) is 0 Å². The van der Waals surface area contributed by atoms with Crippen LogP contribution in [0.4, 0.5) is 0 Å². The van der Waals surface area contributed by atoms with Gasteiger partial charge in [0.25, 0.3) is 0 Å². The molecule has 0 spiro atoms. The molecule has 3 heteroatoms. The van der Waals surface area contributed by atoms with Gasteiger partial charge >= 0.3 is 0 Å². The molecule has 98 valence electrons. The van der Waals surface area contributed by atoms with Crippen molar-refractivity contribution in [1.82, 2.24) is 15.1 Å². The Morgan fingerprint density at radius 2 is 2.00 bits per heavy atom. The molecule has 2 unspecified atom stereocenters. The zero-order chi connectivity index (χ0) is 12.5. The molecule has 0 aliphatic rings. The van der Waals surface area contributed by atoms with E-state index in [1.54, 1.807) is 0 Å². The van der Waals surface area contributed by atoms with Gasteiger partial charge in [-0.3, -0.25) is 4.68 Å². The Morgan fingerprint density at radius 1 is 1.18 bits per heavy atom. The second kappa shape index (κ2) is 8.29. The van der Waals surface area contributed by atoms with Crippen LogP contribution < -0.4 is 5.32 Å². The fourth-order valence-electron chi connectivity index (χ4n) is 2.19. The summed E-state index contributed by atoms with van der Waals surface area (Å²) in [6.07, 6.45) is 10.5. The van der Waals surface area contributed by atoms with Crippen LogP contribution >= 0.6 is 0 Å². The number of hydrogen-bond donors (Lipinski definition) is 1. The minimum absolute atomic E-state index is 0.482. The van der Waals surface area contributed by atoms with Crippen LogP contribution in [0.2, 0.25) is 0 Å². The maximum atomic E-state index is 4.23. The second-order valence-electron chi connectivity index (χ2n) is 5.05. The van der Waals surface area contributed by atoms with Crippen molar-refractivity contribution in [3.8, 4) is 0 Å². The van der Waals surface area contributed by atoms with E-state index in [9.17, 15) is 0 Å². The monoisotopic (exact) mass is 237 g/mol. The Morgan fingerprint density at radius 3 is 2.65 bits per heavy atom. The number of hydrogen-bond acceptors (Lipinski definition) is 2. The number of nitrogens with zero attached hydrogens (tertiary/aromatic N) is 2. The average molecular weight is 237 g/mol. The highest BCUT2D eigenvalue weighted by Crippen LogP contribution is 2.06. The maximum absolute atomic E-state index is 4.23. The molecule has 3 nitrogen and oxygen atoms in total. The van der Waals surface area contributed by atoms with E-state index in [0.29, 0.717) is 12.1 Å². The predicted molar refractivity (Wildman–Crippen MR) is 73.0 cm³/mol. The summed E-state index contributed by atoms with van der Waals surface area (Å²) in [5.41, 5.74) is 0. The number of aromatic nitrogens is 2. The Hall–Kier alpha value is -0.830. The van der Waals surface area contributed by atoms with Crippen LogP contribution in [0.5, 0.6) is 0 Å². The molecule has 0 saturated heterocycles. The lowest BCUT2D eigenvalue weighted by atomic mass is 10.1. The summed E-state index contributed by atoms with van der Waals surface area (Å²) in [5.74, 6) is 0. The van der Waals surface area contributed by atoms with Gasteiger partial charge in [-0.15, -0.1) is 0 Å². The Labute approximate surface area is 106 Å². The third kappa shape index (κ3) is 6.47. The van der Waals surface area contributed by atoms with Crippen LogP contribution in [0.15, 0.2) is 18.5 Å². The van der Waals surface area contributed by atoms with Crippen LogP contribution in [0, 0.1) is 0 Å². The van der Waals surface area contributed by atoms with Gasteiger partial charge in [-0.2, -0.15) is 5.10 Å². The molecule has 17 heavy (non-hydrogen) atoms. The number of unbranched alkanes of at least 4 members (excludes halogenated alkanes) is 3. The van der Waals surface area contributed by atoms with Crippen LogP contribution in [0.25, 0.3) is 0 Å². The van der Waals surface area contributed by atoms with Crippen LogP contribution in [-0.4, -0.2) is 21.9 Å². The highest BCUT2D eigenvalue weighted by Gasteiger charge is 2.07. The molecular weight excluding hydrogens is 210 g/mol. The Balaban J connectivity index is 2.10. The van der Waals surface area contributed by atoms with Crippen LogP contribution in [0.1, 0.15) is 52.9 Å². The van der Waals surface area contributed by atoms with Gasteiger partial charge in [0.1, 0.15) is 0 Å². The highest BCUT2D eigenvalue weighted by atomic mass is 15.3. The molecule has 0 radical (unpaired) electrons. The van der Waals surface area contributed by atoms with Crippen molar-refractivity contribution in [3.63, 3.8) is 0 Å². The van der Waals surface area contributed by atoms with Crippen molar-refractivity contribution < 1.29 is 0 Å². The van der Waals surface area contributed by atoms with Gasteiger partial charge in [0.05, 0.1) is 6.54 Å². The van der Waals surface area contributed by atoms with Crippen molar-refractivity contribution in [3.05, 3.63) is 18.5 Å². The second-order valence-corrected chi connectivity index (χ2v) is 5.05. The molecule has 1 heterocycles.